The van der Waals surface area contributed by atoms with Gasteiger partial charge in [-0.1, -0.05) is 12.1 Å². The number of rotatable bonds is 5. The van der Waals surface area contributed by atoms with Gasteiger partial charge in [-0.05, 0) is 31.0 Å². The molecule has 1 aromatic rings. The molecule has 1 aliphatic heterocycles. The summed E-state index contributed by atoms with van der Waals surface area (Å²) in [5.41, 5.74) is 6.33. The van der Waals surface area contributed by atoms with Crippen LogP contribution in [0.4, 0.5) is 0 Å². The zero-order valence-electron chi connectivity index (χ0n) is 11.0. The Balaban J connectivity index is 2.05. The molecule has 19 heavy (non-hydrogen) atoms. The fourth-order valence-electron chi connectivity index (χ4n) is 2.18. The highest BCUT2D eigenvalue weighted by Crippen LogP contribution is 2.20. The first-order chi connectivity index (χ1) is 9.03. The van der Waals surface area contributed by atoms with E-state index >= 15 is 0 Å². The van der Waals surface area contributed by atoms with Crippen molar-refractivity contribution in [2.45, 2.75) is 30.9 Å². The molecule has 1 saturated heterocycles. The molecule has 106 valence electrons. The number of hydrogen-bond acceptors (Lipinski definition) is 4. The number of nitrogens with one attached hydrogen (secondary N) is 1. The van der Waals surface area contributed by atoms with Gasteiger partial charge in [-0.3, -0.25) is 0 Å². The highest BCUT2D eigenvalue weighted by atomic mass is 32.2. The number of hydrogen-bond donors (Lipinski definition) is 2. The van der Waals surface area contributed by atoms with Gasteiger partial charge in [0.05, 0.1) is 11.0 Å². The summed E-state index contributed by atoms with van der Waals surface area (Å²) in [6.45, 7) is 3.42. The first-order valence-electron chi connectivity index (χ1n) is 6.43. The van der Waals surface area contributed by atoms with Crippen LogP contribution in [0.1, 0.15) is 18.9 Å². The smallest absolute Gasteiger partial charge is 0.240 e. The molecule has 2 unspecified atom stereocenters. The summed E-state index contributed by atoms with van der Waals surface area (Å²) in [5.74, 6) is 0.243. The fourth-order valence-corrected chi connectivity index (χ4v) is 3.35. The first-order valence-corrected chi connectivity index (χ1v) is 7.91. The number of ether oxygens (including phenoxy) is 1. The maximum absolute atomic E-state index is 12.2. The van der Waals surface area contributed by atoms with Crippen molar-refractivity contribution in [3.63, 3.8) is 0 Å². The van der Waals surface area contributed by atoms with E-state index < -0.39 is 10.0 Å². The molecule has 0 spiro atoms. The highest BCUT2D eigenvalue weighted by molar-refractivity contribution is 7.89. The Kier molecular flexibility index (Phi) is 4.57. The van der Waals surface area contributed by atoms with Gasteiger partial charge in [-0.2, -0.15) is 0 Å². The minimum Gasteiger partial charge on any atom is -0.378 e. The van der Waals surface area contributed by atoms with Crippen LogP contribution in [0.2, 0.25) is 0 Å². The molecule has 1 aromatic carbocycles. The average Bonchev–Trinajstić information content (AvgIpc) is 2.82. The van der Waals surface area contributed by atoms with Crippen LogP contribution in [-0.4, -0.2) is 27.7 Å². The Morgan fingerprint density at radius 1 is 1.47 bits per heavy atom. The van der Waals surface area contributed by atoms with E-state index in [1.165, 1.54) is 0 Å². The Morgan fingerprint density at radius 3 is 2.89 bits per heavy atom. The molecule has 3 N–H and O–H groups in total. The van der Waals surface area contributed by atoms with Gasteiger partial charge in [0.2, 0.25) is 10.0 Å². The van der Waals surface area contributed by atoms with Gasteiger partial charge in [0.15, 0.2) is 0 Å². The lowest BCUT2D eigenvalue weighted by Crippen LogP contribution is -2.32. The molecular formula is C13H20N2O3S. The Morgan fingerprint density at radius 2 is 2.26 bits per heavy atom. The van der Waals surface area contributed by atoms with Gasteiger partial charge < -0.3 is 10.5 Å². The maximum Gasteiger partial charge on any atom is 0.240 e. The normalized spacial score (nSPS) is 23.7. The summed E-state index contributed by atoms with van der Waals surface area (Å²) in [4.78, 5) is 0.266. The van der Waals surface area contributed by atoms with Crippen LogP contribution < -0.4 is 10.5 Å². The molecule has 0 saturated carbocycles. The molecule has 0 bridgehead atoms. The van der Waals surface area contributed by atoms with Crippen molar-refractivity contribution in [2.24, 2.45) is 11.7 Å². The van der Waals surface area contributed by atoms with E-state index in [0.29, 0.717) is 19.7 Å². The second-order valence-corrected chi connectivity index (χ2v) is 6.60. The van der Waals surface area contributed by atoms with E-state index in [-0.39, 0.29) is 16.9 Å². The van der Waals surface area contributed by atoms with Crippen LogP contribution in [0.25, 0.3) is 0 Å². The standard InChI is InChI=1S/C13H20N2O3S/c1-10-12(5-6-18-10)9-15-19(16,17)13-4-2-3-11(7-13)8-14/h2-4,7,10,12,15H,5-6,8-9,14H2,1H3. The second-order valence-electron chi connectivity index (χ2n) is 4.83. The summed E-state index contributed by atoms with van der Waals surface area (Å²) in [7, 11) is -3.46. The molecule has 0 amide bonds. The van der Waals surface area contributed by atoms with E-state index in [1.54, 1.807) is 18.2 Å². The van der Waals surface area contributed by atoms with E-state index in [1.807, 2.05) is 13.0 Å². The topological polar surface area (TPSA) is 81.4 Å². The quantitative estimate of drug-likeness (QED) is 0.840. The van der Waals surface area contributed by atoms with E-state index in [4.69, 9.17) is 10.5 Å². The first kappa shape index (κ1) is 14.5. The third-order valence-electron chi connectivity index (χ3n) is 3.51. The SMILES string of the molecule is CC1OCCC1CNS(=O)(=O)c1cccc(CN)c1. The lowest BCUT2D eigenvalue weighted by Gasteiger charge is -2.15. The molecule has 2 atom stereocenters. The van der Waals surface area contributed by atoms with E-state index in [0.717, 1.165) is 12.0 Å². The zero-order chi connectivity index (χ0) is 13.9. The van der Waals surface area contributed by atoms with Gasteiger partial charge in [0, 0.05) is 25.6 Å². The van der Waals surface area contributed by atoms with E-state index in [2.05, 4.69) is 4.72 Å². The van der Waals surface area contributed by atoms with Crippen LogP contribution in [0.5, 0.6) is 0 Å². The maximum atomic E-state index is 12.2. The summed E-state index contributed by atoms with van der Waals surface area (Å²) in [5, 5.41) is 0. The van der Waals surface area contributed by atoms with Gasteiger partial charge >= 0.3 is 0 Å². The molecule has 6 heteroatoms. The summed E-state index contributed by atoms with van der Waals surface area (Å²) in [6, 6.07) is 6.71. The summed E-state index contributed by atoms with van der Waals surface area (Å²) < 4.78 is 32.4. The molecule has 0 radical (unpaired) electrons. The van der Waals surface area contributed by atoms with Crippen molar-refractivity contribution in [3.8, 4) is 0 Å². The van der Waals surface area contributed by atoms with Crippen molar-refractivity contribution in [3.05, 3.63) is 29.8 Å². The minimum atomic E-state index is -3.46. The molecule has 1 heterocycles. The van der Waals surface area contributed by atoms with E-state index in [9.17, 15) is 8.42 Å². The third-order valence-corrected chi connectivity index (χ3v) is 4.93. The molecule has 5 nitrogen and oxygen atoms in total. The largest absolute Gasteiger partial charge is 0.378 e. The number of nitrogens with two attached hydrogens (primary N) is 1. The van der Waals surface area contributed by atoms with Crippen molar-refractivity contribution < 1.29 is 13.2 Å². The third kappa shape index (κ3) is 3.54. The zero-order valence-corrected chi connectivity index (χ0v) is 11.8. The minimum absolute atomic E-state index is 0.109. The molecular weight excluding hydrogens is 264 g/mol. The lowest BCUT2D eigenvalue weighted by molar-refractivity contribution is 0.107. The van der Waals surface area contributed by atoms with Crippen LogP contribution >= 0.6 is 0 Å². The van der Waals surface area contributed by atoms with Crippen molar-refractivity contribution in [2.75, 3.05) is 13.2 Å². The Bertz CT molecular complexity index is 530. The number of sulfonamides is 1. The molecule has 0 aromatic heterocycles. The van der Waals surface area contributed by atoms with Crippen molar-refractivity contribution >= 4 is 10.0 Å². The number of benzene rings is 1. The van der Waals surface area contributed by atoms with Gasteiger partial charge in [0.1, 0.15) is 0 Å². The van der Waals surface area contributed by atoms with Gasteiger partial charge in [0.25, 0.3) is 0 Å². The van der Waals surface area contributed by atoms with Crippen molar-refractivity contribution in [1.82, 2.24) is 4.72 Å². The van der Waals surface area contributed by atoms with Crippen LogP contribution in [0.3, 0.4) is 0 Å². The van der Waals surface area contributed by atoms with Crippen LogP contribution in [-0.2, 0) is 21.3 Å². The molecule has 0 aliphatic carbocycles. The average molecular weight is 284 g/mol. The second kappa shape index (κ2) is 6.00. The molecule has 2 rings (SSSR count). The van der Waals surface area contributed by atoms with Gasteiger partial charge in [-0.15, -0.1) is 0 Å². The summed E-state index contributed by atoms with van der Waals surface area (Å²) >= 11 is 0. The van der Waals surface area contributed by atoms with Crippen LogP contribution in [0, 0.1) is 5.92 Å². The Hall–Kier alpha value is -0.950. The monoisotopic (exact) mass is 284 g/mol. The van der Waals surface area contributed by atoms with Crippen molar-refractivity contribution in [1.29, 1.82) is 0 Å². The predicted octanol–water partition coefficient (Wildman–Crippen LogP) is 0.849. The molecule has 1 fully saturated rings. The highest BCUT2D eigenvalue weighted by Gasteiger charge is 2.26. The van der Waals surface area contributed by atoms with Crippen LogP contribution in [0.15, 0.2) is 29.2 Å². The van der Waals surface area contributed by atoms with Gasteiger partial charge in [-0.25, -0.2) is 13.1 Å². The summed E-state index contributed by atoms with van der Waals surface area (Å²) in [6.07, 6.45) is 1.00. The Labute approximate surface area is 114 Å². The fraction of sp³-hybridized carbons (Fsp3) is 0.538. The molecule has 1 aliphatic rings. The lowest BCUT2D eigenvalue weighted by atomic mass is 10.0. The predicted molar refractivity (Wildman–Crippen MR) is 73.0 cm³/mol.